The van der Waals surface area contributed by atoms with Crippen molar-refractivity contribution >= 4 is 45.5 Å². The van der Waals surface area contributed by atoms with Crippen molar-refractivity contribution < 1.29 is 0 Å². The van der Waals surface area contributed by atoms with Gasteiger partial charge in [-0.3, -0.25) is 0 Å². The van der Waals surface area contributed by atoms with E-state index >= 15 is 0 Å². The molecule has 0 aromatic heterocycles. The molecule has 3 aliphatic rings. The average Bonchev–Trinajstić information content (AvgIpc) is 3.27. The Kier molecular flexibility index (Phi) is 7.90. The Morgan fingerprint density at radius 1 is 0.300 bits per heavy atom. The standard InChI is InChI=1S/C57H49N3/c1-55(2)43-15-7-11-19-51(43)59(52-20-12-8-16-44(52)55)41-29-23-37(24-30-41)39-27-33-49-47(35-39)57(5,6)48-36-40(28-34-50(48)58-49)38-25-31-42(32-26-38)60-53-21-13-9-17-45(53)56(3,4)46-18-10-14-22-54(46)60/h7-36,58H,1-6H3. The quantitative estimate of drug-likeness (QED) is 0.192. The lowest BCUT2D eigenvalue weighted by atomic mass is 9.73. The van der Waals surface area contributed by atoms with Crippen molar-refractivity contribution in [2.24, 2.45) is 0 Å². The number of para-hydroxylation sites is 4. The first-order valence-corrected chi connectivity index (χ1v) is 21.3. The Bertz CT molecular complexity index is 2690. The van der Waals surface area contributed by atoms with E-state index in [9.17, 15) is 0 Å². The number of nitrogens with zero attached hydrogens (tertiary/aromatic N) is 2. The molecule has 0 atom stereocenters. The summed E-state index contributed by atoms with van der Waals surface area (Å²) < 4.78 is 0. The van der Waals surface area contributed by atoms with Gasteiger partial charge in [-0.05, 0) is 128 Å². The van der Waals surface area contributed by atoms with Gasteiger partial charge in [-0.2, -0.15) is 0 Å². The zero-order valence-electron chi connectivity index (χ0n) is 35.2. The van der Waals surface area contributed by atoms with E-state index in [2.05, 4.69) is 239 Å². The summed E-state index contributed by atoms with van der Waals surface area (Å²) in [6.45, 7) is 14.1. The monoisotopic (exact) mass is 775 g/mol. The van der Waals surface area contributed by atoms with E-state index in [0.717, 1.165) is 11.4 Å². The first-order chi connectivity index (χ1) is 29.0. The van der Waals surface area contributed by atoms with Crippen LogP contribution in [0, 0.1) is 0 Å². The second-order valence-corrected chi connectivity index (χ2v) is 18.4. The molecule has 0 fully saturated rings. The molecule has 3 aliphatic heterocycles. The fourth-order valence-corrected chi connectivity index (χ4v) is 10.5. The van der Waals surface area contributed by atoms with E-state index in [0.29, 0.717) is 0 Å². The van der Waals surface area contributed by atoms with Gasteiger partial charge in [-0.1, -0.05) is 151 Å². The zero-order chi connectivity index (χ0) is 41.0. The fourth-order valence-electron chi connectivity index (χ4n) is 10.5. The smallest absolute Gasteiger partial charge is 0.0502 e. The van der Waals surface area contributed by atoms with Crippen molar-refractivity contribution in [2.45, 2.75) is 57.8 Å². The third-order valence-corrected chi connectivity index (χ3v) is 13.8. The summed E-state index contributed by atoms with van der Waals surface area (Å²) in [5, 5.41) is 3.80. The summed E-state index contributed by atoms with van der Waals surface area (Å²) in [6.07, 6.45) is 0. The summed E-state index contributed by atoms with van der Waals surface area (Å²) in [6, 6.07) is 67.4. The third-order valence-electron chi connectivity index (χ3n) is 13.8. The summed E-state index contributed by atoms with van der Waals surface area (Å²) in [5.41, 5.74) is 22.1. The van der Waals surface area contributed by atoms with Crippen molar-refractivity contribution in [1.82, 2.24) is 0 Å². The highest BCUT2D eigenvalue weighted by Gasteiger charge is 2.38. The van der Waals surface area contributed by atoms with Gasteiger partial charge >= 0.3 is 0 Å². The van der Waals surface area contributed by atoms with Crippen LogP contribution in [0.3, 0.4) is 0 Å². The van der Waals surface area contributed by atoms with E-state index in [-0.39, 0.29) is 16.2 Å². The van der Waals surface area contributed by atoms with E-state index < -0.39 is 0 Å². The van der Waals surface area contributed by atoms with Gasteiger partial charge in [0.05, 0.1) is 22.7 Å². The molecule has 11 rings (SSSR count). The second kappa shape index (κ2) is 13.1. The fraction of sp³-hybridized carbons (Fsp3) is 0.158. The van der Waals surface area contributed by atoms with Crippen LogP contribution >= 0.6 is 0 Å². The molecule has 0 radical (unpaired) electrons. The van der Waals surface area contributed by atoms with Crippen molar-refractivity contribution in [1.29, 1.82) is 0 Å². The van der Waals surface area contributed by atoms with Crippen LogP contribution in [0.2, 0.25) is 0 Å². The number of fused-ring (bicyclic) bond motifs is 6. The second-order valence-electron chi connectivity index (χ2n) is 18.4. The van der Waals surface area contributed by atoms with E-state index in [1.165, 1.54) is 89.8 Å². The van der Waals surface area contributed by atoms with Crippen LogP contribution in [0.25, 0.3) is 22.3 Å². The van der Waals surface area contributed by atoms with E-state index in [1.807, 2.05) is 0 Å². The number of hydrogen-bond acceptors (Lipinski definition) is 3. The summed E-state index contributed by atoms with van der Waals surface area (Å²) in [4.78, 5) is 4.85. The SMILES string of the molecule is CC1(C)c2cc(-c3ccc(N4c5ccccc5C(C)(C)c5ccccc54)cc3)ccc2Nc2ccc(-c3ccc(N4c5ccccc5C(C)(C)c5ccccc54)cc3)cc21. The minimum atomic E-state index is -0.218. The normalized spacial score (nSPS) is 16.0. The molecule has 0 unspecified atom stereocenters. The lowest BCUT2D eigenvalue weighted by Gasteiger charge is -2.42. The molecule has 1 N–H and O–H groups in total. The molecule has 0 bridgehead atoms. The van der Waals surface area contributed by atoms with E-state index in [4.69, 9.17) is 0 Å². The molecular weight excluding hydrogens is 727 g/mol. The molecule has 0 amide bonds. The van der Waals surface area contributed by atoms with Crippen LogP contribution in [0.5, 0.6) is 0 Å². The highest BCUT2D eigenvalue weighted by atomic mass is 15.2. The molecule has 60 heavy (non-hydrogen) atoms. The van der Waals surface area contributed by atoms with Gasteiger partial charge in [0.15, 0.2) is 0 Å². The molecule has 3 nitrogen and oxygen atoms in total. The van der Waals surface area contributed by atoms with Crippen LogP contribution < -0.4 is 15.1 Å². The molecule has 3 heteroatoms. The Hall–Kier alpha value is -6.84. The number of benzene rings is 8. The van der Waals surface area contributed by atoms with Crippen molar-refractivity contribution in [3.63, 3.8) is 0 Å². The van der Waals surface area contributed by atoms with Crippen molar-refractivity contribution in [2.75, 3.05) is 15.1 Å². The zero-order valence-corrected chi connectivity index (χ0v) is 35.2. The summed E-state index contributed by atoms with van der Waals surface area (Å²) >= 11 is 0. The lowest BCUT2D eigenvalue weighted by Crippen LogP contribution is -2.30. The number of nitrogens with one attached hydrogen (secondary N) is 1. The Morgan fingerprint density at radius 2 is 0.583 bits per heavy atom. The Balaban J connectivity index is 0.900. The first kappa shape index (κ1) is 36.3. The maximum Gasteiger partial charge on any atom is 0.0502 e. The molecule has 0 aliphatic carbocycles. The van der Waals surface area contributed by atoms with Gasteiger partial charge in [-0.15, -0.1) is 0 Å². The van der Waals surface area contributed by atoms with Crippen LogP contribution in [-0.4, -0.2) is 0 Å². The third kappa shape index (κ3) is 5.35. The highest BCUT2D eigenvalue weighted by Crippen LogP contribution is 2.54. The average molecular weight is 776 g/mol. The van der Waals surface area contributed by atoms with Gasteiger partial charge in [0.25, 0.3) is 0 Å². The molecule has 0 spiro atoms. The van der Waals surface area contributed by atoms with E-state index in [1.54, 1.807) is 0 Å². The predicted molar refractivity (Wildman–Crippen MR) is 253 cm³/mol. The topological polar surface area (TPSA) is 18.5 Å². The number of anilines is 8. The number of rotatable bonds is 4. The van der Waals surface area contributed by atoms with Crippen molar-refractivity contribution in [3.05, 3.63) is 215 Å². The number of hydrogen-bond donors (Lipinski definition) is 1. The van der Waals surface area contributed by atoms with Gasteiger partial charge in [0.2, 0.25) is 0 Å². The van der Waals surface area contributed by atoms with Crippen LogP contribution in [0.1, 0.15) is 74.9 Å². The highest BCUT2D eigenvalue weighted by molar-refractivity contribution is 5.89. The molecule has 8 aromatic carbocycles. The van der Waals surface area contributed by atoms with Crippen LogP contribution in [0.15, 0.2) is 182 Å². The molecule has 0 saturated heterocycles. The maximum atomic E-state index is 3.80. The molecule has 8 aromatic rings. The Morgan fingerprint density at radius 3 is 0.917 bits per heavy atom. The van der Waals surface area contributed by atoms with Gasteiger partial charge < -0.3 is 15.1 Å². The first-order valence-electron chi connectivity index (χ1n) is 21.3. The molecule has 0 saturated carbocycles. The van der Waals surface area contributed by atoms with Gasteiger partial charge in [0, 0.05) is 39.0 Å². The van der Waals surface area contributed by atoms with Gasteiger partial charge in [-0.25, -0.2) is 0 Å². The molecular formula is C57H49N3. The largest absolute Gasteiger partial charge is 0.355 e. The van der Waals surface area contributed by atoms with Crippen LogP contribution in [-0.2, 0) is 16.2 Å². The minimum Gasteiger partial charge on any atom is -0.355 e. The Labute approximate surface area is 354 Å². The van der Waals surface area contributed by atoms with Gasteiger partial charge in [0.1, 0.15) is 0 Å². The maximum absolute atomic E-state index is 3.80. The summed E-state index contributed by atoms with van der Waals surface area (Å²) in [5.74, 6) is 0. The summed E-state index contributed by atoms with van der Waals surface area (Å²) in [7, 11) is 0. The minimum absolute atomic E-state index is 0.0800. The lowest BCUT2D eigenvalue weighted by molar-refractivity contribution is 0.632. The predicted octanol–water partition coefficient (Wildman–Crippen LogP) is 15.6. The molecule has 3 heterocycles. The van der Waals surface area contributed by atoms with Crippen molar-refractivity contribution in [3.8, 4) is 22.3 Å². The van der Waals surface area contributed by atoms with Crippen LogP contribution in [0.4, 0.5) is 45.5 Å². The molecule has 292 valence electrons.